The van der Waals surface area contributed by atoms with Gasteiger partial charge in [0.05, 0.1) is 20.8 Å². The maximum Gasteiger partial charge on any atom is 0.243 e. The van der Waals surface area contributed by atoms with Crippen LogP contribution in [0.1, 0.15) is 16.0 Å². The van der Waals surface area contributed by atoms with Crippen LogP contribution in [0.25, 0.3) is 0 Å². The second-order valence-corrected chi connectivity index (χ2v) is 7.88. The summed E-state index contributed by atoms with van der Waals surface area (Å²) in [5, 5.41) is 5.41. The average molecular weight is 419 g/mol. The van der Waals surface area contributed by atoms with E-state index in [1.54, 1.807) is 44.6 Å². The zero-order valence-electron chi connectivity index (χ0n) is 18.0. The van der Waals surface area contributed by atoms with E-state index in [1.165, 1.54) is 4.88 Å². The predicted octanol–water partition coefficient (Wildman–Crippen LogP) is 2.74. The van der Waals surface area contributed by atoms with E-state index in [1.807, 2.05) is 42.5 Å². The number of rotatable bonds is 8. The minimum atomic E-state index is -0.0453. The van der Waals surface area contributed by atoms with Crippen LogP contribution in [0, 0.1) is 6.92 Å². The van der Waals surface area contributed by atoms with Gasteiger partial charge in [-0.3, -0.25) is 4.79 Å². The van der Waals surface area contributed by atoms with Gasteiger partial charge in [-0.1, -0.05) is 6.07 Å². The minimum Gasteiger partial charge on any atom is -0.493 e. The number of guanidine groups is 1. The van der Waals surface area contributed by atoms with Crippen molar-refractivity contribution in [2.45, 2.75) is 20.0 Å². The Balaban J connectivity index is 2.20. The van der Waals surface area contributed by atoms with Gasteiger partial charge in [0.15, 0.2) is 17.5 Å². The average Bonchev–Trinajstić information content (AvgIpc) is 3.22. The molecule has 0 aliphatic carbocycles. The largest absolute Gasteiger partial charge is 0.493 e. The second kappa shape index (κ2) is 10.7. The Bertz CT molecular complexity index is 835. The van der Waals surface area contributed by atoms with Crippen molar-refractivity contribution in [1.29, 1.82) is 0 Å². The van der Waals surface area contributed by atoms with Gasteiger partial charge in [0.2, 0.25) is 5.91 Å². The molecule has 1 heterocycles. The Hall–Kier alpha value is -2.74. The summed E-state index contributed by atoms with van der Waals surface area (Å²) >= 11 is 1.68. The molecule has 0 bridgehead atoms. The van der Waals surface area contributed by atoms with Gasteiger partial charge in [-0.2, -0.15) is 0 Å². The fourth-order valence-corrected chi connectivity index (χ4v) is 3.34. The molecule has 0 fully saturated rings. The molecule has 8 heteroatoms. The van der Waals surface area contributed by atoms with Crippen molar-refractivity contribution in [3.8, 4) is 11.5 Å². The van der Waals surface area contributed by atoms with E-state index in [9.17, 15) is 4.79 Å². The molecule has 0 unspecified atom stereocenters. The first kappa shape index (κ1) is 22.5. The standard InChI is InChI=1S/C21H30N4O3S/c1-15-10-18(27-5)19(28-6)11-16(15)14-25(4)21(23-13-20(26)24(2)3)22-12-17-8-7-9-29-17/h7-11H,12-14H2,1-6H3,(H,22,23). The lowest BCUT2D eigenvalue weighted by molar-refractivity contribution is -0.127. The Labute approximate surface area is 176 Å². The van der Waals surface area contributed by atoms with Crippen molar-refractivity contribution in [3.05, 3.63) is 45.6 Å². The molecule has 7 nitrogen and oxygen atoms in total. The first-order chi connectivity index (χ1) is 13.8. The summed E-state index contributed by atoms with van der Waals surface area (Å²) in [6.07, 6.45) is 0. The first-order valence-corrected chi connectivity index (χ1v) is 10.2. The summed E-state index contributed by atoms with van der Waals surface area (Å²) < 4.78 is 10.8. The molecule has 1 amide bonds. The fraction of sp³-hybridized carbons (Fsp3) is 0.429. The third kappa shape index (κ3) is 6.39. The van der Waals surface area contributed by atoms with Gasteiger partial charge < -0.3 is 24.6 Å². The van der Waals surface area contributed by atoms with Gasteiger partial charge in [0, 0.05) is 32.6 Å². The van der Waals surface area contributed by atoms with Gasteiger partial charge in [0.1, 0.15) is 6.54 Å². The number of methoxy groups -OCH3 is 2. The van der Waals surface area contributed by atoms with Crippen molar-refractivity contribution < 1.29 is 14.3 Å². The summed E-state index contributed by atoms with van der Waals surface area (Å²) in [6.45, 7) is 3.39. The normalized spacial score (nSPS) is 11.2. The van der Waals surface area contributed by atoms with Crippen molar-refractivity contribution in [1.82, 2.24) is 15.1 Å². The molecule has 158 valence electrons. The Kier molecular flexibility index (Phi) is 8.33. The second-order valence-electron chi connectivity index (χ2n) is 6.85. The van der Waals surface area contributed by atoms with E-state index in [4.69, 9.17) is 9.47 Å². The molecule has 0 atom stereocenters. The van der Waals surface area contributed by atoms with Gasteiger partial charge in [-0.15, -0.1) is 11.3 Å². The molecule has 2 aromatic rings. The van der Waals surface area contributed by atoms with Crippen molar-refractivity contribution in [2.75, 3.05) is 41.9 Å². The number of amides is 1. The molecule has 0 spiro atoms. The molecular weight excluding hydrogens is 388 g/mol. The highest BCUT2D eigenvalue weighted by molar-refractivity contribution is 7.09. The molecule has 0 saturated carbocycles. The molecule has 1 aromatic carbocycles. The minimum absolute atomic E-state index is 0.0453. The third-order valence-electron chi connectivity index (χ3n) is 4.47. The number of likely N-dealkylation sites (N-methyl/N-ethyl adjacent to an activating group) is 1. The number of hydrogen-bond donors (Lipinski definition) is 1. The predicted molar refractivity (Wildman–Crippen MR) is 118 cm³/mol. The van der Waals surface area contributed by atoms with E-state index in [0.29, 0.717) is 30.5 Å². The molecular formula is C21H30N4O3S. The monoisotopic (exact) mass is 418 g/mol. The highest BCUT2D eigenvalue weighted by Gasteiger charge is 2.14. The molecule has 0 saturated heterocycles. The molecule has 0 radical (unpaired) electrons. The number of nitrogens with one attached hydrogen (secondary N) is 1. The highest BCUT2D eigenvalue weighted by atomic mass is 32.1. The summed E-state index contributed by atoms with van der Waals surface area (Å²) in [5.41, 5.74) is 2.19. The van der Waals surface area contributed by atoms with Crippen molar-refractivity contribution >= 4 is 23.2 Å². The quantitative estimate of drug-likeness (QED) is 0.527. The number of ether oxygens (including phenoxy) is 2. The molecule has 1 N–H and O–H groups in total. The Morgan fingerprint density at radius 3 is 2.45 bits per heavy atom. The van der Waals surface area contributed by atoms with Crippen LogP contribution < -0.4 is 14.8 Å². The number of nitrogens with zero attached hydrogens (tertiary/aromatic N) is 3. The van der Waals surface area contributed by atoms with Crippen LogP contribution in [0.15, 0.2) is 34.6 Å². The summed E-state index contributed by atoms with van der Waals surface area (Å²) in [6, 6.07) is 8.03. The van der Waals surface area contributed by atoms with Crippen LogP contribution >= 0.6 is 11.3 Å². The third-order valence-corrected chi connectivity index (χ3v) is 5.35. The number of benzene rings is 1. The fourth-order valence-electron chi connectivity index (χ4n) is 2.70. The molecule has 0 aliphatic heterocycles. The van der Waals surface area contributed by atoms with E-state index in [2.05, 4.69) is 16.4 Å². The number of aryl methyl sites for hydroxylation is 1. The van der Waals surface area contributed by atoms with Crippen LogP contribution in [0.2, 0.25) is 0 Å². The smallest absolute Gasteiger partial charge is 0.243 e. The zero-order chi connectivity index (χ0) is 21.4. The van der Waals surface area contributed by atoms with Crippen LogP contribution in [-0.4, -0.2) is 63.6 Å². The topological polar surface area (TPSA) is 66.4 Å². The van der Waals surface area contributed by atoms with Crippen LogP contribution in [-0.2, 0) is 17.9 Å². The van der Waals surface area contributed by atoms with Gasteiger partial charge >= 0.3 is 0 Å². The number of carbonyl (C=O) groups excluding carboxylic acids is 1. The lowest BCUT2D eigenvalue weighted by atomic mass is 10.1. The summed E-state index contributed by atoms with van der Waals surface area (Å²) in [7, 11) is 8.67. The summed E-state index contributed by atoms with van der Waals surface area (Å²) in [4.78, 5) is 21.3. The summed E-state index contributed by atoms with van der Waals surface area (Å²) in [5.74, 6) is 2.02. The SMILES string of the molecule is COc1cc(C)c(CN(C)C(=NCC(=O)N(C)C)NCc2cccs2)cc1OC. The maximum atomic E-state index is 12.0. The number of hydrogen-bond acceptors (Lipinski definition) is 5. The molecule has 1 aromatic heterocycles. The number of carbonyl (C=O) groups is 1. The first-order valence-electron chi connectivity index (χ1n) is 9.29. The zero-order valence-corrected chi connectivity index (χ0v) is 18.8. The molecule has 29 heavy (non-hydrogen) atoms. The Morgan fingerprint density at radius 1 is 1.17 bits per heavy atom. The van der Waals surface area contributed by atoms with Crippen molar-refractivity contribution in [3.63, 3.8) is 0 Å². The Morgan fingerprint density at radius 2 is 1.86 bits per heavy atom. The van der Waals surface area contributed by atoms with Crippen LogP contribution in [0.5, 0.6) is 11.5 Å². The van der Waals surface area contributed by atoms with E-state index >= 15 is 0 Å². The maximum absolute atomic E-state index is 12.0. The van der Waals surface area contributed by atoms with E-state index in [-0.39, 0.29) is 12.5 Å². The van der Waals surface area contributed by atoms with Crippen molar-refractivity contribution in [2.24, 2.45) is 4.99 Å². The van der Waals surface area contributed by atoms with E-state index in [0.717, 1.165) is 11.1 Å². The van der Waals surface area contributed by atoms with Gasteiger partial charge in [-0.25, -0.2) is 4.99 Å². The lowest BCUT2D eigenvalue weighted by Gasteiger charge is -2.24. The number of aliphatic imine (C=N–C) groups is 1. The number of thiophene rings is 1. The lowest BCUT2D eigenvalue weighted by Crippen LogP contribution is -2.39. The van der Waals surface area contributed by atoms with Gasteiger partial charge in [-0.05, 0) is 41.6 Å². The van der Waals surface area contributed by atoms with Crippen LogP contribution in [0.4, 0.5) is 0 Å². The molecule has 2 rings (SSSR count). The van der Waals surface area contributed by atoms with Crippen LogP contribution in [0.3, 0.4) is 0 Å². The highest BCUT2D eigenvalue weighted by Crippen LogP contribution is 2.30. The van der Waals surface area contributed by atoms with E-state index < -0.39 is 0 Å². The molecule has 0 aliphatic rings. The van der Waals surface area contributed by atoms with Gasteiger partial charge in [0.25, 0.3) is 0 Å².